The number of benzene rings is 4. The second kappa shape index (κ2) is 11.6. The lowest BCUT2D eigenvalue weighted by atomic mass is 9.99. The summed E-state index contributed by atoms with van der Waals surface area (Å²) in [5.74, 6) is 2.10. The zero-order chi connectivity index (χ0) is 24.7. The number of halogens is 1. The van der Waals surface area contributed by atoms with Crippen LogP contribution >= 0.6 is 0 Å². The second-order valence-electron chi connectivity index (χ2n) is 9.64. The molecule has 0 N–H and O–H groups in total. The number of methoxy groups -OCH3 is 1. The maximum absolute atomic E-state index is 13.6. The van der Waals surface area contributed by atoms with Crippen molar-refractivity contribution in [3.05, 3.63) is 90.2 Å². The molecule has 1 heterocycles. The van der Waals surface area contributed by atoms with E-state index < -0.39 is 0 Å². The molecule has 0 saturated carbocycles. The molecule has 0 amide bonds. The Morgan fingerprint density at radius 3 is 2.28 bits per heavy atom. The van der Waals surface area contributed by atoms with E-state index >= 15 is 0 Å². The van der Waals surface area contributed by atoms with Gasteiger partial charge in [-0.25, -0.2) is 4.39 Å². The average Bonchev–Trinajstić information content (AvgIpc) is 2.93. The average molecular weight is 484 g/mol. The maximum Gasteiger partial charge on any atom is 0.143 e. The molecular weight excluding hydrogens is 449 g/mol. The predicted octanol–water partition coefficient (Wildman–Crippen LogP) is 8.26. The normalized spacial score (nSPS) is 14.2. The van der Waals surface area contributed by atoms with Crippen molar-refractivity contribution in [3.63, 3.8) is 0 Å². The van der Waals surface area contributed by atoms with E-state index in [-0.39, 0.29) is 5.82 Å². The van der Waals surface area contributed by atoms with Gasteiger partial charge in [-0.3, -0.25) is 0 Å². The van der Waals surface area contributed by atoms with E-state index in [0.717, 1.165) is 45.6 Å². The fraction of sp³-hybridized carbons (Fsp3) is 0.312. The molecule has 1 fully saturated rings. The third kappa shape index (κ3) is 5.88. The molecule has 0 atom stereocenters. The van der Waals surface area contributed by atoms with Crippen LogP contribution in [0.2, 0.25) is 0 Å². The number of hydrogen-bond acceptors (Lipinski definition) is 3. The highest BCUT2D eigenvalue weighted by molar-refractivity contribution is 5.96. The Labute approximate surface area is 213 Å². The van der Waals surface area contributed by atoms with Crippen LogP contribution in [-0.2, 0) is 6.42 Å². The Kier molecular flexibility index (Phi) is 7.82. The smallest absolute Gasteiger partial charge is 0.143 e. The summed E-state index contributed by atoms with van der Waals surface area (Å²) in [5, 5.41) is 2.01. The van der Waals surface area contributed by atoms with E-state index in [4.69, 9.17) is 9.47 Å². The minimum Gasteiger partial charge on any atom is -0.497 e. The van der Waals surface area contributed by atoms with Crippen LogP contribution in [0.15, 0.2) is 78.9 Å². The Bertz CT molecular complexity index is 1280. The SMILES string of the molecule is COc1ccc2c(Oc3ccc(CCCCN4CCCCC4)cc3)c(-c3ccc(F)cc3)ccc2c1. The first-order valence-electron chi connectivity index (χ1n) is 13.1. The van der Waals surface area contributed by atoms with Crippen molar-refractivity contribution in [3.8, 4) is 28.4 Å². The Morgan fingerprint density at radius 1 is 0.778 bits per heavy atom. The Morgan fingerprint density at radius 2 is 1.53 bits per heavy atom. The van der Waals surface area contributed by atoms with Gasteiger partial charge in [0.05, 0.1) is 7.11 Å². The summed E-state index contributed by atoms with van der Waals surface area (Å²) < 4.78 is 25.5. The summed E-state index contributed by atoms with van der Waals surface area (Å²) in [5.41, 5.74) is 3.17. The molecule has 4 aromatic carbocycles. The third-order valence-electron chi connectivity index (χ3n) is 7.11. The van der Waals surface area contributed by atoms with Gasteiger partial charge in [0.15, 0.2) is 0 Å². The van der Waals surface area contributed by atoms with Crippen molar-refractivity contribution < 1.29 is 13.9 Å². The van der Waals surface area contributed by atoms with E-state index in [1.54, 1.807) is 19.2 Å². The molecule has 0 radical (unpaired) electrons. The number of ether oxygens (including phenoxy) is 2. The number of rotatable bonds is 9. The molecule has 0 aromatic heterocycles. The van der Waals surface area contributed by atoms with Gasteiger partial charge in [0, 0.05) is 10.9 Å². The van der Waals surface area contributed by atoms with Crippen molar-refractivity contribution in [2.45, 2.75) is 38.5 Å². The van der Waals surface area contributed by atoms with Crippen LogP contribution in [0.3, 0.4) is 0 Å². The zero-order valence-corrected chi connectivity index (χ0v) is 21.0. The molecule has 1 saturated heterocycles. The fourth-order valence-electron chi connectivity index (χ4n) is 5.06. The Hall–Kier alpha value is -3.37. The van der Waals surface area contributed by atoms with Crippen LogP contribution in [0.25, 0.3) is 21.9 Å². The van der Waals surface area contributed by atoms with Gasteiger partial charge in [-0.2, -0.15) is 0 Å². The number of fused-ring (bicyclic) bond motifs is 1. The molecule has 4 heteroatoms. The molecule has 1 aliphatic heterocycles. The number of piperidine rings is 1. The number of likely N-dealkylation sites (tertiary alicyclic amines) is 1. The van der Waals surface area contributed by atoms with Crippen LogP contribution < -0.4 is 9.47 Å². The topological polar surface area (TPSA) is 21.7 Å². The van der Waals surface area contributed by atoms with Gasteiger partial charge in [-0.1, -0.05) is 36.8 Å². The Balaban J connectivity index is 1.33. The summed E-state index contributed by atoms with van der Waals surface area (Å²) in [6, 6.07) is 25.0. The highest BCUT2D eigenvalue weighted by Crippen LogP contribution is 2.40. The molecule has 5 rings (SSSR count). The van der Waals surface area contributed by atoms with E-state index in [1.807, 2.05) is 24.3 Å². The number of nitrogens with zero attached hydrogens (tertiary/aromatic N) is 1. The second-order valence-corrected chi connectivity index (χ2v) is 9.64. The largest absolute Gasteiger partial charge is 0.497 e. The molecule has 0 spiro atoms. The molecule has 4 aromatic rings. The highest BCUT2D eigenvalue weighted by Gasteiger charge is 2.14. The first kappa shape index (κ1) is 24.3. The number of hydrogen-bond donors (Lipinski definition) is 0. The lowest BCUT2D eigenvalue weighted by Crippen LogP contribution is -2.30. The van der Waals surface area contributed by atoms with Crippen molar-refractivity contribution in [1.82, 2.24) is 4.90 Å². The van der Waals surface area contributed by atoms with Gasteiger partial charge in [0.25, 0.3) is 0 Å². The molecule has 3 nitrogen and oxygen atoms in total. The van der Waals surface area contributed by atoms with Crippen LogP contribution in [0.4, 0.5) is 4.39 Å². The first-order chi connectivity index (χ1) is 17.7. The lowest BCUT2D eigenvalue weighted by molar-refractivity contribution is 0.225. The highest BCUT2D eigenvalue weighted by atomic mass is 19.1. The summed E-state index contributed by atoms with van der Waals surface area (Å²) in [4.78, 5) is 2.61. The van der Waals surface area contributed by atoms with Crippen molar-refractivity contribution >= 4 is 10.8 Å². The van der Waals surface area contributed by atoms with Crippen LogP contribution in [0, 0.1) is 5.82 Å². The monoisotopic (exact) mass is 483 g/mol. The molecule has 1 aliphatic rings. The first-order valence-corrected chi connectivity index (χ1v) is 13.1. The van der Waals surface area contributed by atoms with Gasteiger partial charge >= 0.3 is 0 Å². The van der Waals surface area contributed by atoms with Crippen LogP contribution in [0.1, 0.15) is 37.7 Å². The zero-order valence-electron chi connectivity index (χ0n) is 21.0. The van der Waals surface area contributed by atoms with Crippen LogP contribution in [0.5, 0.6) is 17.2 Å². The van der Waals surface area contributed by atoms with Gasteiger partial charge in [0.1, 0.15) is 23.1 Å². The standard InChI is InChI=1S/C32H34FNO2/c1-35-29-17-19-31-26(23-29)12-18-30(25-10-13-27(33)14-11-25)32(31)36-28-15-8-24(9-16-28)7-3-6-22-34-20-4-2-5-21-34/h8-19,23H,2-7,20-22H2,1H3. The summed E-state index contributed by atoms with van der Waals surface area (Å²) in [6.45, 7) is 3.76. The van der Waals surface area contributed by atoms with E-state index in [0.29, 0.717) is 0 Å². The molecule has 0 unspecified atom stereocenters. The molecular formula is C32H34FNO2. The maximum atomic E-state index is 13.6. The van der Waals surface area contributed by atoms with Crippen molar-refractivity contribution in [1.29, 1.82) is 0 Å². The third-order valence-corrected chi connectivity index (χ3v) is 7.11. The number of aryl methyl sites for hydroxylation is 1. The van der Waals surface area contributed by atoms with Crippen molar-refractivity contribution in [2.75, 3.05) is 26.7 Å². The van der Waals surface area contributed by atoms with Gasteiger partial charge in [0.2, 0.25) is 0 Å². The molecule has 0 aliphatic carbocycles. The van der Waals surface area contributed by atoms with E-state index in [9.17, 15) is 4.39 Å². The van der Waals surface area contributed by atoms with Crippen LogP contribution in [-0.4, -0.2) is 31.6 Å². The minimum atomic E-state index is -0.252. The quantitative estimate of drug-likeness (QED) is 0.224. The van der Waals surface area contributed by atoms with Crippen molar-refractivity contribution in [2.24, 2.45) is 0 Å². The minimum absolute atomic E-state index is 0.252. The van der Waals surface area contributed by atoms with Gasteiger partial charge in [-0.05, 0) is 117 Å². The van der Waals surface area contributed by atoms with Gasteiger partial charge < -0.3 is 14.4 Å². The molecule has 186 valence electrons. The van der Waals surface area contributed by atoms with E-state index in [1.165, 1.54) is 69.4 Å². The fourth-order valence-corrected chi connectivity index (χ4v) is 5.06. The number of unbranched alkanes of at least 4 members (excludes halogenated alkanes) is 1. The summed E-state index contributed by atoms with van der Waals surface area (Å²) in [7, 11) is 1.67. The molecule has 36 heavy (non-hydrogen) atoms. The molecule has 0 bridgehead atoms. The predicted molar refractivity (Wildman–Crippen MR) is 146 cm³/mol. The summed E-state index contributed by atoms with van der Waals surface area (Å²) >= 11 is 0. The van der Waals surface area contributed by atoms with E-state index in [2.05, 4.69) is 35.2 Å². The summed E-state index contributed by atoms with van der Waals surface area (Å²) in [6.07, 6.45) is 7.64. The van der Waals surface area contributed by atoms with Gasteiger partial charge in [-0.15, -0.1) is 0 Å². The lowest BCUT2D eigenvalue weighted by Gasteiger charge is -2.26.